The zero-order valence-electron chi connectivity index (χ0n) is 11.4. The van der Waals surface area contributed by atoms with Gasteiger partial charge in [0.2, 0.25) is 5.95 Å². The lowest BCUT2D eigenvalue weighted by molar-refractivity contribution is 0.357. The predicted molar refractivity (Wildman–Crippen MR) is 84.1 cm³/mol. The van der Waals surface area contributed by atoms with Crippen LogP contribution in [-0.2, 0) is 6.42 Å². The van der Waals surface area contributed by atoms with Gasteiger partial charge in [-0.25, -0.2) is 0 Å². The van der Waals surface area contributed by atoms with Crippen molar-refractivity contribution < 1.29 is 9.47 Å². The van der Waals surface area contributed by atoms with Gasteiger partial charge >= 0.3 is 0 Å². The smallest absolute Gasteiger partial charge is 0.294 e. The molecule has 0 fully saturated rings. The molecule has 2 aliphatic rings. The normalized spacial score (nSPS) is 19.7. The molecule has 0 saturated carbocycles. The van der Waals surface area contributed by atoms with E-state index in [0.717, 1.165) is 18.8 Å². The lowest BCUT2D eigenvalue weighted by atomic mass is 10.1. The first-order chi connectivity index (χ1) is 10.3. The topological polar surface area (TPSA) is 47.5 Å². The van der Waals surface area contributed by atoms with Gasteiger partial charge in [-0.2, -0.15) is 4.98 Å². The van der Waals surface area contributed by atoms with Gasteiger partial charge < -0.3 is 9.47 Å². The van der Waals surface area contributed by atoms with E-state index in [4.69, 9.17) is 9.47 Å². The third kappa shape index (κ3) is 2.26. The fourth-order valence-corrected chi connectivity index (χ4v) is 3.92. The number of nitrogens with zero attached hydrogens (tertiary/aromatic N) is 3. The first-order valence-corrected chi connectivity index (χ1v) is 8.30. The molecule has 0 amide bonds. The minimum Gasteiger partial charge on any atom is -0.493 e. The first kappa shape index (κ1) is 13.0. The molecule has 0 spiro atoms. The van der Waals surface area contributed by atoms with E-state index in [0.29, 0.717) is 11.1 Å². The molecule has 1 unspecified atom stereocenters. The molecule has 0 saturated heterocycles. The van der Waals surface area contributed by atoms with Crippen molar-refractivity contribution in [1.29, 1.82) is 0 Å². The van der Waals surface area contributed by atoms with Gasteiger partial charge in [0.25, 0.3) is 5.19 Å². The zero-order valence-corrected chi connectivity index (χ0v) is 13.0. The van der Waals surface area contributed by atoms with Crippen molar-refractivity contribution in [2.24, 2.45) is 0 Å². The molecule has 0 aliphatic carbocycles. The third-order valence-corrected chi connectivity index (χ3v) is 5.19. The summed E-state index contributed by atoms with van der Waals surface area (Å²) in [6.07, 6.45) is 3.00. The Labute approximate surface area is 130 Å². The van der Waals surface area contributed by atoms with Gasteiger partial charge in [0.05, 0.1) is 13.7 Å². The molecular formula is C14H13N3O2S2. The number of rotatable bonds is 3. The second kappa shape index (κ2) is 5.23. The molecule has 1 atom stereocenters. The Morgan fingerprint density at radius 2 is 2.38 bits per heavy atom. The summed E-state index contributed by atoms with van der Waals surface area (Å²) in [5.41, 5.74) is 2.52. The SMILES string of the molecule is COc1nc(N2C=CSC2c2ccc3c(c2)CCO3)ns1. The van der Waals surface area contributed by atoms with Crippen LogP contribution in [0.1, 0.15) is 16.5 Å². The van der Waals surface area contributed by atoms with Crippen LogP contribution in [0.4, 0.5) is 5.95 Å². The van der Waals surface area contributed by atoms with Crippen LogP contribution in [0, 0.1) is 0 Å². The van der Waals surface area contributed by atoms with Crippen molar-refractivity contribution in [3.63, 3.8) is 0 Å². The maximum absolute atomic E-state index is 5.57. The predicted octanol–water partition coefficient (Wildman–Crippen LogP) is 3.20. The molecule has 1 aromatic heterocycles. The summed E-state index contributed by atoms with van der Waals surface area (Å²) < 4.78 is 15.1. The summed E-state index contributed by atoms with van der Waals surface area (Å²) in [5.74, 6) is 1.69. The zero-order chi connectivity index (χ0) is 14.2. The van der Waals surface area contributed by atoms with Crippen molar-refractivity contribution in [1.82, 2.24) is 9.36 Å². The average molecular weight is 319 g/mol. The number of aromatic nitrogens is 2. The molecule has 21 heavy (non-hydrogen) atoms. The van der Waals surface area contributed by atoms with Crippen molar-refractivity contribution >= 4 is 29.2 Å². The Balaban J connectivity index is 1.65. The molecule has 2 aliphatic heterocycles. The van der Waals surface area contributed by atoms with Gasteiger partial charge in [-0.3, -0.25) is 4.90 Å². The quantitative estimate of drug-likeness (QED) is 0.866. The van der Waals surface area contributed by atoms with Crippen LogP contribution < -0.4 is 14.4 Å². The van der Waals surface area contributed by atoms with Gasteiger partial charge in [-0.1, -0.05) is 6.07 Å². The van der Waals surface area contributed by atoms with Crippen LogP contribution in [0.5, 0.6) is 10.9 Å². The molecule has 1 aromatic carbocycles. The monoisotopic (exact) mass is 319 g/mol. The van der Waals surface area contributed by atoms with Crippen LogP contribution in [0.2, 0.25) is 0 Å². The van der Waals surface area contributed by atoms with E-state index in [1.165, 1.54) is 22.7 Å². The van der Waals surface area contributed by atoms with Crippen LogP contribution >= 0.6 is 23.3 Å². The lowest BCUT2D eigenvalue weighted by Gasteiger charge is -2.22. The van der Waals surface area contributed by atoms with E-state index in [1.54, 1.807) is 18.9 Å². The van der Waals surface area contributed by atoms with E-state index in [2.05, 4.69) is 37.9 Å². The highest BCUT2D eigenvalue weighted by Crippen LogP contribution is 2.43. The highest BCUT2D eigenvalue weighted by atomic mass is 32.2. The fourth-order valence-electron chi connectivity index (χ4n) is 2.48. The highest BCUT2D eigenvalue weighted by Gasteiger charge is 2.27. The summed E-state index contributed by atoms with van der Waals surface area (Å²) in [4.78, 5) is 6.45. The summed E-state index contributed by atoms with van der Waals surface area (Å²) in [5, 5.41) is 2.81. The standard InChI is InChI=1S/C14H13N3O2S2/c1-18-14-15-13(16-21-14)17-5-7-20-12(17)10-2-3-11-9(8-10)4-6-19-11/h2-3,5,7-8,12H,4,6H2,1H3. The van der Waals surface area contributed by atoms with E-state index < -0.39 is 0 Å². The first-order valence-electron chi connectivity index (χ1n) is 6.59. The van der Waals surface area contributed by atoms with Crippen LogP contribution in [0.25, 0.3) is 0 Å². The summed E-state index contributed by atoms with van der Waals surface area (Å²) in [6.45, 7) is 0.781. The number of anilines is 1. The van der Waals surface area contributed by atoms with E-state index in [1.807, 2.05) is 6.20 Å². The van der Waals surface area contributed by atoms with E-state index >= 15 is 0 Å². The molecule has 4 rings (SSSR count). The average Bonchev–Trinajstić information content (AvgIpc) is 3.24. The summed E-state index contributed by atoms with van der Waals surface area (Å²) >= 11 is 3.01. The summed E-state index contributed by atoms with van der Waals surface area (Å²) in [7, 11) is 1.61. The van der Waals surface area contributed by atoms with Crippen molar-refractivity contribution in [3.05, 3.63) is 40.9 Å². The largest absolute Gasteiger partial charge is 0.493 e. The van der Waals surface area contributed by atoms with Crippen molar-refractivity contribution in [2.45, 2.75) is 11.8 Å². The third-order valence-electron chi connectivity index (χ3n) is 3.48. The fraction of sp³-hybridized carbons (Fsp3) is 0.286. The highest BCUT2D eigenvalue weighted by molar-refractivity contribution is 8.02. The van der Waals surface area contributed by atoms with Crippen LogP contribution in [-0.4, -0.2) is 23.1 Å². The van der Waals surface area contributed by atoms with Gasteiger partial charge in [0, 0.05) is 24.2 Å². The Morgan fingerprint density at radius 3 is 3.24 bits per heavy atom. The number of thioether (sulfide) groups is 1. The van der Waals surface area contributed by atoms with Gasteiger partial charge in [-0.05, 0) is 28.7 Å². The number of ether oxygens (including phenoxy) is 2. The summed E-state index contributed by atoms with van der Waals surface area (Å²) in [6, 6.07) is 6.40. The van der Waals surface area contributed by atoms with Crippen LogP contribution in [0.3, 0.4) is 0 Å². The van der Waals surface area contributed by atoms with Crippen molar-refractivity contribution in [3.8, 4) is 10.9 Å². The van der Waals surface area contributed by atoms with Crippen LogP contribution in [0.15, 0.2) is 29.8 Å². The minimum absolute atomic E-state index is 0.162. The lowest BCUT2D eigenvalue weighted by Crippen LogP contribution is -2.18. The molecule has 7 heteroatoms. The molecule has 0 bridgehead atoms. The number of methoxy groups -OCH3 is 1. The number of fused-ring (bicyclic) bond motifs is 1. The minimum atomic E-state index is 0.162. The molecule has 0 radical (unpaired) electrons. The number of hydrogen-bond acceptors (Lipinski definition) is 7. The molecular weight excluding hydrogens is 306 g/mol. The Bertz CT molecular complexity index is 701. The Hall–Kier alpha value is -1.73. The molecule has 2 aromatic rings. The maximum Gasteiger partial charge on any atom is 0.294 e. The second-order valence-corrected chi connectivity index (χ2v) is 6.42. The maximum atomic E-state index is 5.57. The van der Waals surface area contributed by atoms with E-state index in [9.17, 15) is 0 Å². The Kier molecular flexibility index (Phi) is 3.23. The van der Waals surface area contributed by atoms with Gasteiger partial charge in [0.1, 0.15) is 11.1 Å². The van der Waals surface area contributed by atoms with Crippen molar-refractivity contribution in [2.75, 3.05) is 18.6 Å². The van der Waals surface area contributed by atoms with Gasteiger partial charge in [0.15, 0.2) is 0 Å². The Morgan fingerprint density at radius 1 is 1.43 bits per heavy atom. The molecule has 3 heterocycles. The van der Waals surface area contributed by atoms with E-state index in [-0.39, 0.29) is 5.37 Å². The second-order valence-electron chi connectivity index (χ2n) is 4.71. The number of benzene rings is 1. The van der Waals surface area contributed by atoms with Gasteiger partial charge in [-0.15, -0.1) is 16.1 Å². The molecule has 0 N–H and O–H groups in total. The molecule has 5 nitrogen and oxygen atoms in total. The molecule has 108 valence electrons. The number of hydrogen-bond donors (Lipinski definition) is 0.